The number of hydrogen-bond acceptors (Lipinski definition) is 3. The minimum Gasteiger partial charge on any atom is -0.376 e. The zero-order chi connectivity index (χ0) is 16.4. The van der Waals surface area contributed by atoms with Crippen LogP contribution in [0.1, 0.15) is 42.4 Å². The SMILES string of the molecule is CCN(CC1CCCCO1)C(=O)c1nc2cccc(C)n2c1F. The Morgan fingerprint density at radius 1 is 1.48 bits per heavy atom. The fraction of sp³-hybridized carbons (Fsp3) is 0.529. The molecule has 23 heavy (non-hydrogen) atoms. The molecule has 0 saturated carbocycles. The van der Waals surface area contributed by atoms with Crippen molar-refractivity contribution >= 4 is 11.6 Å². The molecule has 1 atom stereocenters. The Bertz CT molecular complexity index is 707. The van der Waals surface area contributed by atoms with Gasteiger partial charge in [-0.05, 0) is 45.2 Å². The highest BCUT2D eigenvalue weighted by Gasteiger charge is 2.26. The summed E-state index contributed by atoms with van der Waals surface area (Å²) in [6, 6.07) is 5.30. The van der Waals surface area contributed by atoms with Gasteiger partial charge in [-0.1, -0.05) is 6.07 Å². The van der Waals surface area contributed by atoms with E-state index < -0.39 is 5.95 Å². The van der Waals surface area contributed by atoms with Crippen LogP contribution in [0, 0.1) is 12.9 Å². The van der Waals surface area contributed by atoms with Crippen molar-refractivity contribution in [2.24, 2.45) is 0 Å². The predicted molar refractivity (Wildman–Crippen MR) is 85.1 cm³/mol. The largest absolute Gasteiger partial charge is 0.376 e. The average molecular weight is 319 g/mol. The molecule has 1 aliphatic heterocycles. The molecule has 0 aromatic carbocycles. The van der Waals surface area contributed by atoms with E-state index in [1.54, 1.807) is 30.0 Å². The molecule has 3 heterocycles. The molecule has 0 N–H and O–H groups in total. The number of fused-ring (bicyclic) bond motifs is 1. The first-order valence-corrected chi connectivity index (χ1v) is 8.16. The van der Waals surface area contributed by atoms with Crippen molar-refractivity contribution in [2.45, 2.75) is 39.2 Å². The summed E-state index contributed by atoms with van der Waals surface area (Å²) in [4.78, 5) is 18.5. The van der Waals surface area contributed by atoms with Gasteiger partial charge in [0.1, 0.15) is 5.65 Å². The zero-order valence-electron chi connectivity index (χ0n) is 13.6. The number of likely N-dealkylation sites (N-methyl/N-ethyl adjacent to an activating group) is 1. The number of ether oxygens (including phenoxy) is 1. The summed E-state index contributed by atoms with van der Waals surface area (Å²) in [6.45, 7) is 5.41. The second kappa shape index (κ2) is 6.66. The summed E-state index contributed by atoms with van der Waals surface area (Å²) < 4.78 is 21.7. The number of imidazole rings is 1. The third-order valence-electron chi connectivity index (χ3n) is 4.35. The maximum Gasteiger partial charge on any atom is 0.277 e. The van der Waals surface area contributed by atoms with Gasteiger partial charge in [0, 0.05) is 25.4 Å². The predicted octanol–water partition coefficient (Wildman–Crippen LogP) is 2.81. The molecule has 0 bridgehead atoms. The number of amides is 1. The molecule has 2 aromatic rings. The quantitative estimate of drug-likeness (QED) is 0.870. The van der Waals surface area contributed by atoms with Crippen molar-refractivity contribution in [1.82, 2.24) is 14.3 Å². The number of carbonyl (C=O) groups excluding carboxylic acids is 1. The van der Waals surface area contributed by atoms with Crippen molar-refractivity contribution in [3.63, 3.8) is 0 Å². The van der Waals surface area contributed by atoms with Gasteiger partial charge in [0.25, 0.3) is 5.91 Å². The molecule has 3 rings (SSSR count). The lowest BCUT2D eigenvalue weighted by molar-refractivity contribution is -0.00332. The minimum absolute atomic E-state index is 0.0366. The summed E-state index contributed by atoms with van der Waals surface area (Å²) in [5.74, 6) is -0.964. The number of halogens is 1. The van der Waals surface area contributed by atoms with Gasteiger partial charge in [-0.15, -0.1) is 0 Å². The molecule has 0 aliphatic carbocycles. The number of aryl methyl sites for hydroxylation is 1. The molecule has 6 heteroatoms. The molecule has 124 valence electrons. The van der Waals surface area contributed by atoms with E-state index in [0.717, 1.165) is 25.9 Å². The maximum absolute atomic E-state index is 14.6. The minimum atomic E-state index is -0.592. The van der Waals surface area contributed by atoms with Gasteiger partial charge in [-0.2, -0.15) is 4.39 Å². The fourth-order valence-corrected chi connectivity index (χ4v) is 3.05. The topological polar surface area (TPSA) is 46.8 Å². The summed E-state index contributed by atoms with van der Waals surface area (Å²) >= 11 is 0. The molecule has 1 unspecified atom stereocenters. The summed E-state index contributed by atoms with van der Waals surface area (Å²) in [6.07, 6.45) is 3.15. The summed E-state index contributed by atoms with van der Waals surface area (Å²) in [5, 5.41) is 0. The zero-order valence-corrected chi connectivity index (χ0v) is 13.6. The van der Waals surface area contributed by atoms with Crippen molar-refractivity contribution in [3.8, 4) is 0 Å². The van der Waals surface area contributed by atoms with Crippen LogP contribution in [0.2, 0.25) is 0 Å². The normalized spacial score (nSPS) is 18.3. The highest BCUT2D eigenvalue weighted by atomic mass is 19.1. The third-order valence-corrected chi connectivity index (χ3v) is 4.35. The Kier molecular flexibility index (Phi) is 4.61. The lowest BCUT2D eigenvalue weighted by atomic mass is 10.1. The third kappa shape index (κ3) is 3.08. The number of nitrogens with zero attached hydrogens (tertiary/aromatic N) is 3. The molecule has 1 aliphatic rings. The van der Waals surface area contributed by atoms with E-state index in [1.165, 1.54) is 4.40 Å². The van der Waals surface area contributed by atoms with Crippen LogP contribution in [0.15, 0.2) is 18.2 Å². The van der Waals surface area contributed by atoms with Crippen LogP contribution in [0.25, 0.3) is 5.65 Å². The number of carbonyl (C=O) groups is 1. The molecular formula is C17H22FN3O2. The van der Waals surface area contributed by atoms with Crippen LogP contribution < -0.4 is 0 Å². The van der Waals surface area contributed by atoms with Crippen molar-refractivity contribution in [2.75, 3.05) is 19.7 Å². The highest BCUT2D eigenvalue weighted by Crippen LogP contribution is 2.18. The molecule has 1 fully saturated rings. The molecule has 2 aromatic heterocycles. The molecular weight excluding hydrogens is 297 g/mol. The smallest absolute Gasteiger partial charge is 0.277 e. The lowest BCUT2D eigenvalue weighted by Crippen LogP contribution is -2.40. The average Bonchev–Trinajstić information content (AvgIpc) is 2.91. The van der Waals surface area contributed by atoms with Gasteiger partial charge < -0.3 is 9.64 Å². The van der Waals surface area contributed by atoms with E-state index in [2.05, 4.69) is 4.98 Å². The van der Waals surface area contributed by atoms with Crippen LogP contribution in [0.5, 0.6) is 0 Å². The summed E-state index contributed by atoms with van der Waals surface area (Å²) in [5.41, 5.74) is 1.05. The van der Waals surface area contributed by atoms with E-state index in [9.17, 15) is 9.18 Å². The van der Waals surface area contributed by atoms with Gasteiger partial charge in [-0.3, -0.25) is 9.20 Å². The monoisotopic (exact) mass is 319 g/mol. The molecule has 1 amide bonds. The van der Waals surface area contributed by atoms with Gasteiger partial charge in [0.05, 0.1) is 6.10 Å². The van der Waals surface area contributed by atoms with Crippen molar-refractivity contribution in [1.29, 1.82) is 0 Å². The number of hydrogen-bond donors (Lipinski definition) is 0. The Morgan fingerprint density at radius 2 is 2.30 bits per heavy atom. The fourth-order valence-electron chi connectivity index (χ4n) is 3.05. The van der Waals surface area contributed by atoms with Crippen LogP contribution in [0.3, 0.4) is 0 Å². The standard InChI is InChI=1S/C17H22FN3O2/c1-3-20(11-13-8-4-5-10-23-13)17(22)15-16(18)21-12(2)7-6-9-14(21)19-15/h6-7,9,13H,3-5,8,10-11H2,1-2H3. The highest BCUT2D eigenvalue weighted by molar-refractivity contribution is 5.93. The number of rotatable bonds is 4. The van der Waals surface area contributed by atoms with Gasteiger partial charge >= 0.3 is 0 Å². The first-order chi connectivity index (χ1) is 11.1. The number of pyridine rings is 1. The number of aromatic nitrogens is 2. The van der Waals surface area contributed by atoms with Crippen LogP contribution in [0.4, 0.5) is 4.39 Å². The maximum atomic E-state index is 14.6. The van der Waals surface area contributed by atoms with Gasteiger partial charge in [0.15, 0.2) is 5.69 Å². The lowest BCUT2D eigenvalue weighted by Gasteiger charge is -2.28. The Morgan fingerprint density at radius 3 is 2.96 bits per heavy atom. The Balaban J connectivity index is 1.85. The molecule has 5 nitrogen and oxygen atoms in total. The van der Waals surface area contributed by atoms with Gasteiger partial charge in [-0.25, -0.2) is 4.98 Å². The van der Waals surface area contributed by atoms with E-state index in [0.29, 0.717) is 24.4 Å². The second-order valence-electron chi connectivity index (χ2n) is 5.94. The van der Waals surface area contributed by atoms with Crippen LogP contribution in [-0.2, 0) is 4.74 Å². The van der Waals surface area contributed by atoms with Crippen molar-refractivity contribution in [3.05, 3.63) is 35.5 Å². The molecule has 0 radical (unpaired) electrons. The van der Waals surface area contributed by atoms with Gasteiger partial charge in [0.2, 0.25) is 5.95 Å². The first-order valence-electron chi connectivity index (χ1n) is 8.16. The Hall–Kier alpha value is -1.95. The van der Waals surface area contributed by atoms with Crippen LogP contribution >= 0.6 is 0 Å². The molecule has 1 saturated heterocycles. The van der Waals surface area contributed by atoms with Crippen LogP contribution in [-0.4, -0.2) is 46.0 Å². The Labute approximate surface area is 135 Å². The van der Waals surface area contributed by atoms with Crippen molar-refractivity contribution < 1.29 is 13.9 Å². The van der Waals surface area contributed by atoms with E-state index >= 15 is 0 Å². The molecule has 0 spiro atoms. The first kappa shape index (κ1) is 15.9. The second-order valence-corrected chi connectivity index (χ2v) is 5.94. The van der Waals surface area contributed by atoms with E-state index in [4.69, 9.17) is 4.74 Å². The summed E-state index contributed by atoms with van der Waals surface area (Å²) in [7, 11) is 0. The van der Waals surface area contributed by atoms with E-state index in [-0.39, 0.29) is 17.7 Å². The van der Waals surface area contributed by atoms with E-state index in [1.807, 2.05) is 6.92 Å².